The van der Waals surface area contributed by atoms with Gasteiger partial charge in [0.05, 0.1) is 5.39 Å². The molecule has 0 aliphatic carbocycles. The van der Waals surface area contributed by atoms with Crippen molar-refractivity contribution in [3.8, 4) is 0 Å². The summed E-state index contributed by atoms with van der Waals surface area (Å²) in [7, 11) is 0. The van der Waals surface area contributed by atoms with Crippen molar-refractivity contribution in [3.05, 3.63) is 127 Å². The van der Waals surface area contributed by atoms with Gasteiger partial charge >= 0.3 is 0 Å². The molecule has 7 aromatic rings. The van der Waals surface area contributed by atoms with E-state index in [1.165, 1.54) is 22.3 Å². The Hall–Kier alpha value is -5.16. The molecule has 2 aliphatic heterocycles. The van der Waals surface area contributed by atoms with Crippen LogP contribution in [0.25, 0.3) is 22.1 Å². The molecule has 0 N–H and O–H groups in total. The van der Waals surface area contributed by atoms with Crippen molar-refractivity contribution >= 4 is 79.6 Å². The van der Waals surface area contributed by atoms with Crippen LogP contribution in [0.1, 0.15) is 0 Å². The van der Waals surface area contributed by atoms with Crippen molar-refractivity contribution in [1.82, 2.24) is 0 Å². The topological polar surface area (TPSA) is 32.8 Å². The summed E-state index contributed by atoms with van der Waals surface area (Å²) in [6, 6.07) is 44.7. The molecule has 5 aromatic carbocycles. The highest BCUT2D eigenvalue weighted by Crippen LogP contribution is 2.46. The van der Waals surface area contributed by atoms with Crippen LogP contribution in [-0.4, -0.2) is 6.71 Å². The van der Waals surface area contributed by atoms with Gasteiger partial charge in [0, 0.05) is 39.3 Å². The van der Waals surface area contributed by atoms with Crippen molar-refractivity contribution in [2.75, 3.05) is 9.80 Å². The molecular formula is C34H21BN2O2. The molecular weight excluding hydrogens is 479 g/mol. The van der Waals surface area contributed by atoms with E-state index >= 15 is 0 Å². The zero-order valence-electron chi connectivity index (χ0n) is 20.9. The second-order valence-corrected chi connectivity index (χ2v) is 10.1. The molecule has 9 rings (SSSR count). The quantitative estimate of drug-likeness (QED) is 0.234. The smallest absolute Gasteiger partial charge is 0.299 e. The molecule has 0 saturated heterocycles. The first kappa shape index (κ1) is 20.9. The summed E-state index contributed by atoms with van der Waals surface area (Å²) in [5, 5.41) is 2.13. The van der Waals surface area contributed by atoms with Gasteiger partial charge in [-0.25, -0.2) is 0 Å². The van der Waals surface area contributed by atoms with Crippen molar-refractivity contribution < 1.29 is 8.83 Å². The third kappa shape index (κ3) is 2.74. The summed E-state index contributed by atoms with van der Waals surface area (Å²) in [6.07, 6.45) is 0. The molecule has 0 radical (unpaired) electrons. The van der Waals surface area contributed by atoms with Gasteiger partial charge in [-0.05, 0) is 59.5 Å². The van der Waals surface area contributed by atoms with Crippen LogP contribution >= 0.6 is 0 Å². The maximum Gasteiger partial charge on any atom is 0.299 e. The van der Waals surface area contributed by atoms with Crippen LogP contribution in [0, 0.1) is 0 Å². The maximum absolute atomic E-state index is 6.67. The third-order valence-corrected chi connectivity index (χ3v) is 8.09. The molecule has 4 heterocycles. The fourth-order valence-electron chi connectivity index (χ4n) is 6.58. The van der Waals surface area contributed by atoms with Crippen molar-refractivity contribution in [2.45, 2.75) is 0 Å². The van der Waals surface area contributed by atoms with E-state index in [-0.39, 0.29) is 6.71 Å². The molecule has 0 unspecified atom stereocenters. The Labute approximate surface area is 225 Å². The highest BCUT2D eigenvalue weighted by molar-refractivity contribution is 7.01. The first-order chi connectivity index (χ1) is 19.4. The summed E-state index contributed by atoms with van der Waals surface area (Å²) in [6.45, 7) is -0.00965. The summed E-state index contributed by atoms with van der Waals surface area (Å²) in [4.78, 5) is 4.65. The van der Waals surface area contributed by atoms with Gasteiger partial charge in [0.1, 0.15) is 5.58 Å². The number of hydrogen-bond acceptors (Lipinski definition) is 4. The molecule has 39 heavy (non-hydrogen) atoms. The molecule has 0 saturated carbocycles. The van der Waals surface area contributed by atoms with E-state index in [0.29, 0.717) is 5.78 Å². The van der Waals surface area contributed by atoms with Gasteiger partial charge in [0.15, 0.2) is 0 Å². The van der Waals surface area contributed by atoms with E-state index in [9.17, 15) is 0 Å². The van der Waals surface area contributed by atoms with Crippen LogP contribution in [0.2, 0.25) is 0 Å². The lowest BCUT2D eigenvalue weighted by Gasteiger charge is -2.42. The second-order valence-electron chi connectivity index (χ2n) is 10.1. The molecule has 4 nitrogen and oxygen atoms in total. The molecule has 5 heteroatoms. The number of fused-ring (bicyclic) bond motifs is 8. The fraction of sp³-hybridized carbons (Fsp3) is 0. The highest BCUT2D eigenvalue weighted by Gasteiger charge is 2.46. The van der Waals surface area contributed by atoms with E-state index in [1.54, 1.807) is 0 Å². The van der Waals surface area contributed by atoms with E-state index in [1.807, 2.05) is 18.2 Å². The van der Waals surface area contributed by atoms with Crippen molar-refractivity contribution in [2.24, 2.45) is 0 Å². The van der Waals surface area contributed by atoms with Gasteiger partial charge < -0.3 is 13.7 Å². The average molecular weight is 500 g/mol. The van der Waals surface area contributed by atoms with Gasteiger partial charge in [-0.2, -0.15) is 0 Å². The third-order valence-electron chi connectivity index (χ3n) is 8.09. The lowest BCUT2D eigenvalue weighted by atomic mass is 9.33. The Morgan fingerprint density at radius 2 is 1.10 bits per heavy atom. The van der Waals surface area contributed by atoms with Gasteiger partial charge in [0.25, 0.3) is 12.5 Å². The lowest BCUT2D eigenvalue weighted by molar-refractivity contribution is 0.505. The monoisotopic (exact) mass is 500 g/mol. The summed E-state index contributed by atoms with van der Waals surface area (Å²) in [5.41, 5.74) is 10.2. The molecule has 182 valence electrons. The number of anilines is 6. The van der Waals surface area contributed by atoms with E-state index in [2.05, 4.69) is 119 Å². The molecule has 2 aromatic heterocycles. The van der Waals surface area contributed by atoms with Gasteiger partial charge in [-0.15, -0.1) is 0 Å². The number of para-hydroxylation sites is 4. The predicted molar refractivity (Wildman–Crippen MR) is 160 cm³/mol. The van der Waals surface area contributed by atoms with Gasteiger partial charge in [0.2, 0.25) is 5.88 Å². The largest absolute Gasteiger partial charge is 0.425 e. The molecule has 0 amide bonds. The maximum atomic E-state index is 6.67. The second kappa shape index (κ2) is 7.68. The Bertz CT molecular complexity index is 2030. The number of furan rings is 2. The van der Waals surface area contributed by atoms with Crippen LogP contribution in [0.15, 0.2) is 136 Å². The lowest BCUT2D eigenvalue weighted by Crippen LogP contribution is -2.61. The van der Waals surface area contributed by atoms with Crippen LogP contribution in [-0.2, 0) is 0 Å². The Balaban J connectivity index is 1.44. The number of nitrogens with zero attached hydrogens (tertiary/aromatic N) is 2. The summed E-state index contributed by atoms with van der Waals surface area (Å²) < 4.78 is 13.0. The van der Waals surface area contributed by atoms with Gasteiger partial charge in [-0.1, -0.05) is 78.9 Å². The average Bonchev–Trinajstić information content (AvgIpc) is 3.54. The van der Waals surface area contributed by atoms with Crippen molar-refractivity contribution in [1.29, 1.82) is 0 Å². The SMILES string of the molecule is c1ccc(N2c3ccccc3B3c4c2cccc4N(c2ccccc2)c2oc4oc5ccccc5c4c23)cc1. The molecule has 0 spiro atoms. The first-order valence-corrected chi connectivity index (χ1v) is 13.2. The molecule has 0 fully saturated rings. The Kier molecular flexibility index (Phi) is 4.11. The standard InChI is InChI=1S/C34H21BN2O2/c1-3-12-22(13-4-1)36-26-18-9-8-17-25(26)35-31-27(36)19-11-20-28(31)37(23-14-5-2-6-15-23)33-32(35)30-24-16-7-10-21-29(24)38-34(30)39-33/h1-21H. The predicted octanol–water partition coefficient (Wildman–Crippen LogP) is 7.26. The zero-order valence-corrected chi connectivity index (χ0v) is 20.9. The van der Waals surface area contributed by atoms with Gasteiger partial charge in [-0.3, -0.25) is 4.90 Å². The molecule has 0 bridgehead atoms. The minimum Gasteiger partial charge on any atom is -0.425 e. The van der Waals surface area contributed by atoms with E-state index in [0.717, 1.165) is 44.8 Å². The van der Waals surface area contributed by atoms with Crippen LogP contribution in [0.3, 0.4) is 0 Å². The molecule has 0 atom stereocenters. The summed E-state index contributed by atoms with van der Waals surface area (Å²) in [5.74, 6) is 1.39. The van der Waals surface area contributed by atoms with Crippen LogP contribution in [0.4, 0.5) is 34.3 Å². The number of rotatable bonds is 2. The fourth-order valence-corrected chi connectivity index (χ4v) is 6.58. The van der Waals surface area contributed by atoms with Crippen molar-refractivity contribution in [3.63, 3.8) is 0 Å². The molecule has 2 aliphatic rings. The highest BCUT2D eigenvalue weighted by atomic mass is 16.5. The number of benzene rings is 5. The van der Waals surface area contributed by atoms with Crippen LogP contribution < -0.4 is 26.2 Å². The zero-order chi connectivity index (χ0) is 25.5. The van der Waals surface area contributed by atoms with E-state index in [4.69, 9.17) is 8.83 Å². The normalized spacial score (nSPS) is 13.5. The first-order valence-electron chi connectivity index (χ1n) is 13.2. The van der Waals surface area contributed by atoms with Crippen LogP contribution in [0.5, 0.6) is 0 Å². The Morgan fingerprint density at radius 3 is 1.90 bits per heavy atom. The minimum atomic E-state index is -0.00965. The van der Waals surface area contributed by atoms with E-state index < -0.39 is 0 Å². The number of hydrogen-bond donors (Lipinski definition) is 0. The Morgan fingerprint density at radius 1 is 0.487 bits per heavy atom. The minimum absolute atomic E-state index is 0.00965. The summed E-state index contributed by atoms with van der Waals surface area (Å²) >= 11 is 0.